The van der Waals surface area contributed by atoms with Crippen LogP contribution in [-0.4, -0.2) is 32.3 Å². The molecular weight excluding hydrogens is 194 g/mol. The number of hydrogen-bond acceptors (Lipinski definition) is 4. The maximum Gasteiger partial charge on any atom is 0.325 e. The minimum Gasteiger partial charge on any atom is -0.468 e. The van der Waals surface area contributed by atoms with Gasteiger partial charge in [-0.15, -0.1) is 0 Å². The van der Waals surface area contributed by atoms with Crippen LogP contribution < -0.4 is 5.73 Å². The zero-order valence-electron chi connectivity index (χ0n) is 9.83. The highest BCUT2D eigenvalue weighted by atomic mass is 16.5. The molecule has 0 aromatic carbocycles. The van der Waals surface area contributed by atoms with Crippen molar-refractivity contribution in [1.29, 1.82) is 0 Å². The lowest BCUT2D eigenvalue weighted by atomic mass is 10.2. The molecule has 15 heavy (non-hydrogen) atoms. The Bertz CT molecular complexity index is 162. The lowest BCUT2D eigenvalue weighted by Crippen LogP contribution is -2.36. The summed E-state index contributed by atoms with van der Waals surface area (Å²) in [6.45, 7) is 3.11. The fourth-order valence-electron chi connectivity index (χ4n) is 1.24. The van der Waals surface area contributed by atoms with E-state index >= 15 is 0 Å². The van der Waals surface area contributed by atoms with E-state index in [1.54, 1.807) is 0 Å². The summed E-state index contributed by atoms with van der Waals surface area (Å²) >= 11 is 0. The highest BCUT2D eigenvalue weighted by Gasteiger charge is 2.12. The van der Waals surface area contributed by atoms with Crippen LogP contribution in [0.25, 0.3) is 0 Å². The summed E-state index contributed by atoms with van der Waals surface area (Å²) in [6.07, 6.45) is 5.99. The van der Waals surface area contributed by atoms with Crippen LogP contribution in [0.1, 0.15) is 39.0 Å². The number of carbonyl (C=O) groups is 1. The Morgan fingerprint density at radius 2 is 1.93 bits per heavy atom. The second-order valence-corrected chi connectivity index (χ2v) is 3.62. The van der Waals surface area contributed by atoms with Gasteiger partial charge in [-0.1, -0.05) is 32.6 Å². The van der Waals surface area contributed by atoms with Crippen LogP contribution in [0.2, 0.25) is 0 Å². The predicted octanol–water partition coefficient (Wildman–Crippen LogP) is 1.47. The van der Waals surface area contributed by atoms with Crippen LogP contribution in [0.5, 0.6) is 0 Å². The molecule has 0 spiro atoms. The van der Waals surface area contributed by atoms with Crippen molar-refractivity contribution >= 4 is 5.97 Å². The summed E-state index contributed by atoms with van der Waals surface area (Å²) in [5.41, 5.74) is 5.49. The maximum atomic E-state index is 10.9. The maximum absolute atomic E-state index is 10.9. The number of methoxy groups -OCH3 is 1. The van der Waals surface area contributed by atoms with Crippen molar-refractivity contribution in [3.05, 3.63) is 0 Å². The van der Waals surface area contributed by atoms with Gasteiger partial charge in [-0.25, -0.2) is 0 Å². The first-order valence-electron chi connectivity index (χ1n) is 5.63. The molecule has 1 atom stereocenters. The SMILES string of the molecule is CCCCCCCOCC(N)C(=O)OC. The summed E-state index contributed by atoms with van der Waals surface area (Å²) in [5, 5.41) is 0. The fourth-order valence-corrected chi connectivity index (χ4v) is 1.24. The number of hydrogen-bond donors (Lipinski definition) is 1. The van der Waals surface area contributed by atoms with E-state index in [0.29, 0.717) is 6.61 Å². The molecule has 0 saturated heterocycles. The van der Waals surface area contributed by atoms with Crippen LogP contribution in [0.15, 0.2) is 0 Å². The van der Waals surface area contributed by atoms with Crippen molar-refractivity contribution in [2.45, 2.75) is 45.1 Å². The normalized spacial score (nSPS) is 12.5. The Morgan fingerprint density at radius 3 is 2.53 bits per heavy atom. The molecule has 0 heterocycles. The Balaban J connectivity index is 3.20. The average Bonchev–Trinajstić information content (AvgIpc) is 2.26. The van der Waals surface area contributed by atoms with Crippen LogP contribution in [0.4, 0.5) is 0 Å². The number of esters is 1. The van der Waals surface area contributed by atoms with Gasteiger partial charge in [0.2, 0.25) is 0 Å². The van der Waals surface area contributed by atoms with Crippen LogP contribution >= 0.6 is 0 Å². The van der Waals surface area contributed by atoms with Crippen molar-refractivity contribution < 1.29 is 14.3 Å². The Morgan fingerprint density at radius 1 is 1.27 bits per heavy atom. The van der Waals surface area contributed by atoms with E-state index < -0.39 is 12.0 Å². The van der Waals surface area contributed by atoms with Gasteiger partial charge in [0, 0.05) is 6.61 Å². The first-order chi connectivity index (χ1) is 7.22. The fraction of sp³-hybridized carbons (Fsp3) is 0.909. The van der Waals surface area contributed by atoms with Crippen molar-refractivity contribution in [2.75, 3.05) is 20.3 Å². The molecule has 0 rings (SSSR count). The van der Waals surface area contributed by atoms with Crippen LogP contribution in [0, 0.1) is 0 Å². The first kappa shape index (κ1) is 14.4. The predicted molar refractivity (Wildman–Crippen MR) is 59.6 cm³/mol. The lowest BCUT2D eigenvalue weighted by Gasteiger charge is -2.09. The second kappa shape index (κ2) is 9.93. The largest absolute Gasteiger partial charge is 0.468 e. The number of nitrogens with two attached hydrogens (primary N) is 1. The molecule has 2 N–H and O–H groups in total. The molecular formula is C11H23NO3. The molecule has 4 heteroatoms. The van der Waals surface area contributed by atoms with Crippen LogP contribution in [-0.2, 0) is 14.3 Å². The molecule has 0 aromatic rings. The van der Waals surface area contributed by atoms with Crippen molar-refractivity contribution in [3.8, 4) is 0 Å². The summed E-state index contributed by atoms with van der Waals surface area (Å²) in [4.78, 5) is 10.9. The molecule has 0 aliphatic rings. The summed E-state index contributed by atoms with van der Waals surface area (Å²) in [7, 11) is 1.33. The molecule has 0 aliphatic carbocycles. The third-order valence-corrected chi connectivity index (χ3v) is 2.19. The zero-order valence-corrected chi connectivity index (χ0v) is 9.83. The monoisotopic (exact) mass is 217 g/mol. The molecule has 0 amide bonds. The summed E-state index contributed by atoms with van der Waals surface area (Å²) < 4.78 is 9.75. The van der Waals surface area contributed by atoms with E-state index in [1.165, 1.54) is 32.8 Å². The van der Waals surface area contributed by atoms with E-state index in [0.717, 1.165) is 6.42 Å². The highest BCUT2D eigenvalue weighted by Crippen LogP contribution is 2.02. The summed E-state index contributed by atoms with van der Waals surface area (Å²) in [5.74, 6) is -0.416. The van der Waals surface area contributed by atoms with Gasteiger partial charge in [0.05, 0.1) is 13.7 Å². The Labute approximate surface area is 92.1 Å². The van der Waals surface area contributed by atoms with Gasteiger partial charge in [-0.3, -0.25) is 4.79 Å². The second-order valence-electron chi connectivity index (χ2n) is 3.62. The average molecular weight is 217 g/mol. The van der Waals surface area contributed by atoms with E-state index in [1.807, 2.05) is 0 Å². The number of unbranched alkanes of at least 4 members (excludes halogenated alkanes) is 4. The van der Waals surface area contributed by atoms with Gasteiger partial charge in [0.1, 0.15) is 6.04 Å². The number of ether oxygens (including phenoxy) is 2. The first-order valence-corrected chi connectivity index (χ1v) is 5.63. The topological polar surface area (TPSA) is 61.5 Å². The van der Waals surface area contributed by atoms with E-state index in [9.17, 15) is 4.79 Å². The van der Waals surface area contributed by atoms with Crippen molar-refractivity contribution in [2.24, 2.45) is 5.73 Å². The Kier molecular flexibility index (Phi) is 9.52. The van der Waals surface area contributed by atoms with Gasteiger partial charge in [0.25, 0.3) is 0 Å². The highest BCUT2D eigenvalue weighted by molar-refractivity contribution is 5.75. The molecule has 0 aliphatic heterocycles. The van der Waals surface area contributed by atoms with Gasteiger partial charge in [0.15, 0.2) is 0 Å². The Hall–Kier alpha value is -0.610. The third-order valence-electron chi connectivity index (χ3n) is 2.19. The smallest absolute Gasteiger partial charge is 0.325 e. The summed E-state index contributed by atoms with van der Waals surface area (Å²) in [6, 6.07) is -0.648. The molecule has 0 saturated carbocycles. The molecule has 0 aromatic heterocycles. The van der Waals surface area contributed by atoms with E-state index in [4.69, 9.17) is 10.5 Å². The number of carbonyl (C=O) groups excluding carboxylic acids is 1. The molecule has 0 radical (unpaired) electrons. The lowest BCUT2D eigenvalue weighted by molar-refractivity contribution is -0.143. The van der Waals surface area contributed by atoms with Crippen molar-refractivity contribution in [3.63, 3.8) is 0 Å². The van der Waals surface area contributed by atoms with Gasteiger partial charge < -0.3 is 15.2 Å². The van der Waals surface area contributed by atoms with Crippen LogP contribution in [0.3, 0.4) is 0 Å². The van der Waals surface area contributed by atoms with Gasteiger partial charge >= 0.3 is 5.97 Å². The standard InChI is InChI=1S/C11H23NO3/c1-3-4-5-6-7-8-15-9-10(12)11(13)14-2/h10H,3-9,12H2,1-2H3. The molecule has 1 unspecified atom stereocenters. The molecule has 4 nitrogen and oxygen atoms in total. The van der Waals surface area contributed by atoms with E-state index in [-0.39, 0.29) is 6.61 Å². The van der Waals surface area contributed by atoms with Gasteiger partial charge in [-0.05, 0) is 6.42 Å². The molecule has 0 fully saturated rings. The minimum absolute atomic E-state index is 0.250. The minimum atomic E-state index is -0.648. The van der Waals surface area contributed by atoms with E-state index in [2.05, 4.69) is 11.7 Å². The van der Waals surface area contributed by atoms with Gasteiger partial charge in [-0.2, -0.15) is 0 Å². The number of rotatable bonds is 9. The third kappa shape index (κ3) is 8.39. The van der Waals surface area contributed by atoms with Crippen molar-refractivity contribution in [1.82, 2.24) is 0 Å². The zero-order chi connectivity index (χ0) is 11.5. The molecule has 0 bridgehead atoms. The quantitative estimate of drug-likeness (QED) is 0.469. The molecule has 90 valence electrons.